The molecule has 5 nitrogen and oxygen atoms in total. The predicted molar refractivity (Wildman–Crippen MR) is 69.4 cm³/mol. The number of aryl methyl sites for hydroxylation is 1. The van der Waals surface area contributed by atoms with Gasteiger partial charge in [0.1, 0.15) is 11.8 Å². The van der Waals surface area contributed by atoms with E-state index in [9.17, 15) is 9.59 Å². The van der Waals surface area contributed by atoms with Crippen molar-refractivity contribution in [2.75, 3.05) is 13.7 Å². The Bertz CT molecular complexity index is 512. The van der Waals surface area contributed by atoms with Crippen LogP contribution in [0.15, 0.2) is 18.2 Å². The van der Waals surface area contributed by atoms with Crippen LogP contribution in [0.1, 0.15) is 28.8 Å². The lowest BCUT2D eigenvalue weighted by atomic mass is 10.1. The van der Waals surface area contributed by atoms with Crippen molar-refractivity contribution in [2.45, 2.75) is 25.8 Å². The molecule has 1 aromatic rings. The standard InChI is InChI=1S/C14H17NO4/c1-9-8-10(5-6-12(9)19-2)13(16)15-7-3-4-11(15)14(17)18/h5-6,8,11H,3-4,7H2,1-2H3,(H,17,18)/t11-/m0/s1. The molecule has 1 aliphatic rings. The Kier molecular flexibility index (Phi) is 3.74. The van der Waals surface area contributed by atoms with Crippen LogP contribution in [0.3, 0.4) is 0 Å². The van der Waals surface area contributed by atoms with Gasteiger partial charge in [0, 0.05) is 12.1 Å². The minimum absolute atomic E-state index is 0.226. The van der Waals surface area contributed by atoms with Gasteiger partial charge in [-0.2, -0.15) is 0 Å². The Labute approximate surface area is 111 Å². The smallest absolute Gasteiger partial charge is 0.326 e. The third-order valence-corrected chi connectivity index (χ3v) is 3.44. The summed E-state index contributed by atoms with van der Waals surface area (Å²) in [4.78, 5) is 24.9. The molecule has 0 aromatic heterocycles. The van der Waals surface area contributed by atoms with Gasteiger partial charge in [-0.3, -0.25) is 4.79 Å². The molecule has 1 atom stereocenters. The summed E-state index contributed by atoms with van der Waals surface area (Å²) in [6.07, 6.45) is 1.26. The van der Waals surface area contributed by atoms with Crippen molar-refractivity contribution in [2.24, 2.45) is 0 Å². The fourth-order valence-electron chi connectivity index (χ4n) is 2.44. The van der Waals surface area contributed by atoms with Crippen LogP contribution >= 0.6 is 0 Å². The van der Waals surface area contributed by atoms with Crippen molar-refractivity contribution in [1.29, 1.82) is 0 Å². The number of hydrogen-bond acceptors (Lipinski definition) is 3. The van der Waals surface area contributed by atoms with E-state index in [0.29, 0.717) is 24.3 Å². The van der Waals surface area contributed by atoms with Gasteiger partial charge >= 0.3 is 5.97 Å². The molecule has 0 aliphatic carbocycles. The highest BCUT2D eigenvalue weighted by Crippen LogP contribution is 2.23. The number of carbonyl (C=O) groups is 2. The summed E-state index contributed by atoms with van der Waals surface area (Å²) in [5.41, 5.74) is 1.37. The van der Waals surface area contributed by atoms with E-state index in [-0.39, 0.29) is 5.91 Å². The Morgan fingerprint density at radius 1 is 1.42 bits per heavy atom. The fourth-order valence-corrected chi connectivity index (χ4v) is 2.44. The molecule has 1 saturated heterocycles. The monoisotopic (exact) mass is 263 g/mol. The third kappa shape index (κ3) is 2.54. The van der Waals surface area contributed by atoms with Gasteiger partial charge in [0.05, 0.1) is 7.11 Å². The molecule has 1 fully saturated rings. The first kappa shape index (κ1) is 13.4. The Morgan fingerprint density at radius 3 is 2.74 bits per heavy atom. The lowest BCUT2D eigenvalue weighted by Gasteiger charge is -2.21. The van der Waals surface area contributed by atoms with Gasteiger partial charge < -0.3 is 14.7 Å². The summed E-state index contributed by atoms with van der Waals surface area (Å²) in [7, 11) is 1.57. The zero-order valence-electron chi connectivity index (χ0n) is 11.0. The number of ether oxygens (including phenoxy) is 1. The summed E-state index contributed by atoms with van der Waals surface area (Å²) < 4.78 is 5.15. The first-order valence-electron chi connectivity index (χ1n) is 6.23. The molecule has 0 spiro atoms. The molecule has 2 rings (SSSR count). The third-order valence-electron chi connectivity index (χ3n) is 3.44. The maximum Gasteiger partial charge on any atom is 0.326 e. The summed E-state index contributed by atoms with van der Waals surface area (Å²) >= 11 is 0. The topological polar surface area (TPSA) is 66.8 Å². The van der Waals surface area contributed by atoms with E-state index in [2.05, 4.69) is 0 Å². The predicted octanol–water partition coefficient (Wildman–Crippen LogP) is 1.69. The normalized spacial score (nSPS) is 18.4. The molecular weight excluding hydrogens is 246 g/mol. The largest absolute Gasteiger partial charge is 0.496 e. The number of benzene rings is 1. The van der Waals surface area contributed by atoms with E-state index in [1.165, 1.54) is 4.90 Å². The highest BCUT2D eigenvalue weighted by Gasteiger charge is 2.34. The van der Waals surface area contributed by atoms with E-state index >= 15 is 0 Å². The van der Waals surface area contributed by atoms with Gasteiger partial charge in [-0.15, -0.1) is 0 Å². The van der Waals surface area contributed by atoms with Gasteiger partial charge in [0.15, 0.2) is 0 Å². The zero-order chi connectivity index (χ0) is 14.0. The van der Waals surface area contributed by atoms with Crippen LogP contribution in [0.4, 0.5) is 0 Å². The SMILES string of the molecule is COc1ccc(C(=O)N2CCC[C@H]2C(=O)O)cc1C. The van der Waals surface area contributed by atoms with Crippen LogP contribution in [0.2, 0.25) is 0 Å². The summed E-state index contributed by atoms with van der Waals surface area (Å²) in [5, 5.41) is 9.10. The molecule has 5 heteroatoms. The summed E-state index contributed by atoms with van der Waals surface area (Å²) in [5.74, 6) is -0.445. The van der Waals surface area contributed by atoms with Crippen LogP contribution in [0.5, 0.6) is 5.75 Å². The highest BCUT2D eigenvalue weighted by molar-refractivity contribution is 5.97. The lowest BCUT2D eigenvalue weighted by Crippen LogP contribution is -2.40. The van der Waals surface area contributed by atoms with E-state index in [0.717, 1.165) is 12.0 Å². The molecule has 1 amide bonds. The Balaban J connectivity index is 2.24. The van der Waals surface area contributed by atoms with Crippen molar-refractivity contribution >= 4 is 11.9 Å². The molecule has 1 aliphatic heterocycles. The van der Waals surface area contributed by atoms with Crippen molar-refractivity contribution in [3.8, 4) is 5.75 Å². The average molecular weight is 263 g/mol. The summed E-state index contributed by atoms with van der Waals surface area (Å²) in [6.45, 7) is 2.36. The second kappa shape index (κ2) is 5.30. The van der Waals surface area contributed by atoms with E-state index in [4.69, 9.17) is 9.84 Å². The Morgan fingerprint density at radius 2 is 2.16 bits per heavy atom. The maximum absolute atomic E-state index is 12.3. The minimum Gasteiger partial charge on any atom is -0.496 e. The molecule has 0 radical (unpaired) electrons. The van der Waals surface area contributed by atoms with Crippen molar-refractivity contribution < 1.29 is 19.4 Å². The van der Waals surface area contributed by atoms with Gasteiger partial charge in [0.25, 0.3) is 5.91 Å². The molecule has 0 saturated carbocycles. The number of carboxylic acid groups (broad SMARTS) is 1. The number of aliphatic carboxylic acids is 1. The van der Waals surface area contributed by atoms with Gasteiger partial charge in [-0.25, -0.2) is 4.79 Å². The number of carboxylic acids is 1. The second-order valence-corrected chi connectivity index (χ2v) is 4.68. The molecule has 1 aromatic carbocycles. The number of rotatable bonds is 3. The van der Waals surface area contributed by atoms with Crippen LogP contribution < -0.4 is 4.74 Å². The summed E-state index contributed by atoms with van der Waals surface area (Å²) in [6, 6.07) is 4.44. The first-order chi connectivity index (χ1) is 9.04. The molecule has 1 heterocycles. The average Bonchev–Trinajstić information content (AvgIpc) is 2.87. The Hall–Kier alpha value is -2.04. The van der Waals surface area contributed by atoms with Gasteiger partial charge in [-0.1, -0.05) is 0 Å². The fraction of sp³-hybridized carbons (Fsp3) is 0.429. The second-order valence-electron chi connectivity index (χ2n) is 4.68. The van der Waals surface area contributed by atoms with E-state index in [1.807, 2.05) is 6.92 Å². The van der Waals surface area contributed by atoms with Crippen molar-refractivity contribution in [3.63, 3.8) is 0 Å². The van der Waals surface area contributed by atoms with Crippen molar-refractivity contribution in [3.05, 3.63) is 29.3 Å². The zero-order valence-corrected chi connectivity index (χ0v) is 11.0. The molecular formula is C14H17NO4. The number of hydrogen-bond donors (Lipinski definition) is 1. The lowest BCUT2D eigenvalue weighted by molar-refractivity contribution is -0.141. The van der Waals surface area contributed by atoms with E-state index in [1.54, 1.807) is 25.3 Å². The van der Waals surface area contributed by atoms with Crippen LogP contribution in [0, 0.1) is 6.92 Å². The van der Waals surface area contributed by atoms with E-state index < -0.39 is 12.0 Å². The maximum atomic E-state index is 12.3. The van der Waals surface area contributed by atoms with Crippen LogP contribution in [-0.2, 0) is 4.79 Å². The number of methoxy groups -OCH3 is 1. The number of carbonyl (C=O) groups excluding carboxylic acids is 1. The number of nitrogens with zero attached hydrogens (tertiary/aromatic N) is 1. The molecule has 1 N–H and O–H groups in total. The first-order valence-corrected chi connectivity index (χ1v) is 6.23. The molecule has 0 unspecified atom stereocenters. The molecule has 102 valence electrons. The van der Waals surface area contributed by atoms with Gasteiger partial charge in [-0.05, 0) is 43.5 Å². The number of amides is 1. The number of likely N-dealkylation sites (tertiary alicyclic amines) is 1. The van der Waals surface area contributed by atoms with Crippen LogP contribution in [-0.4, -0.2) is 41.6 Å². The molecule has 19 heavy (non-hydrogen) atoms. The molecule has 0 bridgehead atoms. The van der Waals surface area contributed by atoms with Crippen LogP contribution in [0.25, 0.3) is 0 Å². The van der Waals surface area contributed by atoms with Crippen molar-refractivity contribution in [1.82, 2.24) is 4.90 Å². The highest BCUT2D eigenvalue weighted by atomic mass is 16.5. The minimum atomic E-state index is -0.934. The van der Waals surface area contributed by atoms with Gasteiger partial charge in [0.2, 0.25) is 0 Å². The quantitative estimate of drug-likeness (QED) is 0.901.